The molecule has 0 aliphatic rings. The third-order valence-electron chi connectivity index (χ3n) is 1.63. The minimum absolute atomic E-state index is 0.103. The van der Waals surface area contributed by atoms with Crippen molar-refractivity contribution in [1.29, 1.82) is 0 Å². The first-order chi connectivity index (χ1) is 8.20. The fraction of sp³-hybridized carbons (Fsp3) is 0.222. The Hall–Kier alpha value is 0.230. The summed E-state index contributed by atoms with van der Waals surface area (Å²) in [6.45, 7) is 0. The van der Waals surface area contributed by atoms with Crippen LogP contribution in [0.2, 0.25) is 10.0 Å². The standard InChI is InChI=1S/C9H5Cl6NO2/c10-4-1-2-6(5(11)3-4)18-8(17)16-7(12)9(13,14)15/h1-3,7H,(H,16,17). The fourth-order valence-electron chi connectivity index (χ4n) is 0.873. The fourth-order valence-corrected chi connectivity index (χ4v) is 1.57. The number of halogens is 6. The van der Waals surface area contributed by atoms with Crippen LogP contribution in [0.25, 0.3) is 0 Å². The van der Waals surface area contributed by atoms with Crippen molar-refractivity contribution in [3.05, 3.63) is 28.2 Å². The van der Waals surface area contributed by atoms with Crippen LogP contribution in [0.15, 0.2) is 18.2 Å². The number of benzene rings is 1. The Morgan fingerprint density at radius 3 is 2.39 bits per heavy atom. The largest absolute Gasteiger partial charge is 0.413 e. The van der Waals surface area contributed by atoms with Crippen molar-refractivity contribution in [2.75, 3.05) is 0 Å². The lowest BCUT2D eigenvalue weighted by Crippen LogP contribution is -2.41. The maximum atomic E-state index is 11.4. The van der Waals surface area contributed by atoms with Crippen LogP contribution in [-0.4, -0.2) is 15.4 Å². The minimum atomic E-state index is -1.86. The van der Waals surface area contributed by atoms with E-state index >= 15 is 0 Å². The van der Waals surface area contributed by atoms with E-state index in [0.29, 0.717) is 5.02 Å². The Balaban J connectivity index is 2.65. The smallest absolute Gasteiger partial charge is 0.409 e. The number of alkyl halides is 4. The quantitative estimate of drug-likeness (QED) is 0.585. The van der Waals surface area contributed by atoms with Gasteiger partial charge in [-0.25, -0.2) is 4.79 Å². The summed E-state index contributed by atoms with van der Waals surface area (Å²) in [4.78, 5) is 11.4. The van der Waals surface area contributed by atoms with E-state index in [1.165, 1.54) is 18.2 Å². The number of carbonyl (C=O) groups excluding carboxylic acids is 1. The van der Waals surface area contributed by atoms with Gasteiger partial charge in [0.25, 0.3) is 0 Å². The molecule has 1 N–H and O–H groups in total. The number of ether oxygens (including phenoxy) is 1. The van der Waals surface area contributed by atoms with Gasteiger partial charge >= 0.3 is 6.09 Å². The van der Waals surface area contributed by atoms with Gasteiger partial charge in [-0.15, -0.1) is 0 Å². The molecule has 1 aromatic rings. The van der Waals surface area contributed by atoms with Crippen molar-refractivity contribution < 1.29 is 9.53 Å². The van der Waals surface area contributed by atoms with Crippen molar-refractivity contribution in [3.8, 4) is 5.75 Å². The van der Waals surface area contributed by atoms with Crippen LogP contribution >= 0.6 is 69.6 Å². The monoisotopic (exact) mass is 369 g/mol. The van der Waals surface area contributed by atoms with Gasteiger partial charge in [-0.05, 0) is 18.2 Å². The first-order valence-corrected chi connectivity index (χ1v) is 6.67. The molecule has 1 aromatic carbocycles. The number of hydrogen-bond acceptors (Lipinski definition) is 2. The molecule has 0 spiro atoms. The molecule has 1 atom stereocenters. The highest BCUT2D eigenvalue weighted by molar-refractivity contribution is 6.70. The molecule has 18 heavy (non-hydrogen) atoms. The SMILES string of the molecule is O=C(NC(Cl)C(Cl)(Cl)Cl)Oc1ccc(Cl)cc1Cl. The normalized spacial score (nSPS) is 13.0. The zero-order valence-corrected chi connectivity index (χ0v) is 12.9. The van der Waals surface area contributed by atoms with Crippen molar-refractivity contribution in [3.63, 3.8) is 0 Å². The molecule has 9 heteroatoms. The van der Waals surface area contributed by atoms with E-state index < -0.39 is 15.4 Å². The second-order valence-electron chi connectivity index (χ2n) is 3.01. The zero-order valence-electron chi connectivity index (χ0n) is 8.39. The number of carbonyl (C=O) groups is 1. The summed E-state index contributed by atoms with van der Waals surface area (Å²) in [5.74, 6) is 0.103. The van der Waals surface area contributed by atoms with Crippen LogP contribution in [0, 0.1) is 0 Å². The molecule has 0 radical (unpaired) electrons. The van der Waals surface area contributed by atoms with Crippen LogP contribution < -0.4 is 10.1 Å². The second kappa shape index (κ2) is 6.60. The average molecular weight is 372 g/mol. The van der Waals surface area contributed by atoms with E-state index in [2.05, 4.69) is 5.32 Å². The summed E-state index contributed by atoms with van der Waals surface area (Å²) in [5.41, 5.74) is -1.25. The predicted molar refractivity (Wildman–Crippen MR) is 75.6 cm³/mol. The van der Waals surface area contributed by atoms with Gasteiger partial charge in [0.2, 0.25) is 3.79 Å². The molecule has 3 nitrogen and oxygen atoms in total. The highest BCUT2D eigenvalue weighted by Gasteiger charge is 2.32. The molecule has 0 heterocycles. The van der Waals surface area contributed by atoms with Gasteiger partial charge in [0.15, 0.2) is 11.3 Å². The Kier molecular flexibility index (Phi) is 5.97. The molecule has 0 fully saturated rings. The molecule has 1 unspecified atom stereocenters. The Bertz CT molecular complexity index is 447. The van der Waals surface area contributed by atoms with Crippen molar-refractivity contribution in [1.82, 2.24) is 5.32 Å². The van der Waals surface area contributed by atoms with Gasteiger partial charge in [-0.1, -0.05) is 69.6 Å². The first-order valence-electron chi connectivity index (χ1n) is 4.34. The third kappa shape index (κ3) is 5.08. The van der Waals surface area contributed by atoms with Crippen molar-refractivity contribution in [2.24, 2.45) is 0 Å². The maximum Gasteiger partial charge on any atom is 0.413 e. The molecule has 100 valence electrons. The first kappa shape index (κ1) is 16.3. The lowest BCUT2D eigenvalue weighted by Gasteiger charge is -2.18. The summed E-state index contributed by atoms with van der Waals surface area (Å²) in [5, 5.41) is 2.70. The predicted octanol–water partition coefficient (Wildman–Crippen LogP) is 5.02. The maximum absolute atomic E-state index is 11.4. The van der Waals surface area contributed by atoms with Gasteiger partial charge < -0.3 is 10.1 Å². The topological polar surface area (TPSA) is 38.3 Å². The van der Waals surface area contributed by atoms with Crippen LogP contribution in [0.1, 0.15) is 0 Å². The van der Waals surface area contributed by atoms with Gasteiger partial charge in [-0.2, -0.15) is 0 Å². The number of nitrogens with one attached hydrogen (secondary N) is 1. The molecule has 0 aliphatic heterocycles. The van der Waals surface area contributed by atoms with Gasteiger partial charge in [0.1, 0.15) is 0 Å². The summed E-state index contributed by atoms with van der Waals surface area (Å²) in [7, 11) is 0. The molecule has 1 rings (SSSR count). The number of amides is 1. The second-order valence-corrected chi connectivity index (χ2v) is 6.66. The van der Waals surface area contributed by atoms with Crippen LogP contribution in [-0.2, 0) is 0 Å². The molecule has 0 saturated heterocycles. The minimum Gasteiger partial charge on any atom is -0.409 e. The lowest BCUT2D eigenvalue weighted by molar-refractivity contribution is 0.199. The van der Waals surface area contributed by atoms with E-state index in [9.17, 15) is 4.79 Å². The van der Waals surface area contributed by atoms with E-state index in [1.807, 2.05) is 0 Å². The average Bonchev–Trinajstić information content (AvgIpc) is 2.20. The molecule has 0 bridgehead atoms. The van der Waals surface area contributed by atoms with Crippen molar-refractivity contribution in [2.45, 2.75) is 9.29 Å². The molecule has 0 aromatic heterocycles. The van der Waals surface area contributed by atoms with E-state index in [-0.39, 0.29) is 10.8 Å². The van der Waals surface area contributed by atoms with E-state index in [0.717, 1.165) is 0 Å². The van der Waals surface area contributed by atoms with Crippen LogP contribution in [0.5, 0.6) is 5.75 Å². The molecule has 0 saturated carbocycles. The Morgan fingerprint density at radius 2 is 1.89 bits per heavy atom. The van der Waals surface area contributed by atoms with Gasteiger partial charge in [-0.3, -0.25) is 0 Å². The molecule has 0 aliphatic carbocycles. The summed E-state index contributed by atoms with van der Waals surface area (Å²) in [6, 6.07) is 4.34. The lowest BCUT2D eigenvalue weighted by atomic mass is 10.3. The Labute approximate surface area is 133 Å². The van der Waals surface area contributed by atoms with Crippen molar-refractivity contribution >= 4 is 75.7 Å². The zero-order chi connectivity index (χ0) is 13.9. The molecular weight excluding hydrogens is 367 g/mol. The Morgan fingerprint density at radius 1 is 1.28 bits per heavy atom. The van der Waals surface area contributed by atoms with E-state index in [4.69, 9.17) is 74.3 Å². The third-order valence-corrected chi connectivity index (χ3v) is 3.59. The molecular formula is C9H5Cl6NO2. The van der Waals surface area contributed by atoms with Gasteiger partial charge in [0, 0.05) is 5.02 Å². The number of rotatable bonds is 2. The summed E-state index contributed by atoms with van der Waals surface area (Å²) < 4.78 is 3.01. The van der Waals surface area contributed by atoms with Gasteiger partial charge in [0.05, 0.1) is 5.02 Å². The molecule has 1 amide bonds. The van der Waals surface area contributed by atoms with E-state index in [1.54, 1.807) is 0 Å². The van der Waals surface area contributed by atoms with Crippen LogP contribution in [0.3, 0.4) is 0 Å². The summed E-state index contributed by atoms with van der Waals surface area (Å²) >= 11 is 33.5. The highest BCUT2D eigenvalue weighted by atomic mass is 35.6. The van der Waals surface area contributed by atoms with Crippen LogP contribution in [0.4, 0.5) is 4.79 Å². The number of hydrogen-bond donors (Lipinski definition) is 1. The highest BCUT2D eigenvalue weighted by Crippen LogP contribution is 2.32. The summed E-state index contributed by atoms with van der Waals surface area (Å²) in [6.07, 6.45) is -0.912.